The highest BCUT2D eigenvalue weighted by atomic mass is 16.5. The van der Waals surface area contributed by atoms with Crippen molar-refractivity contribution in [2.75, 3.05) is 0 Å². The molecule has 4 nitrogen and oxygen atoms in total. The second kappa shape index (κ2) is 4.52. The van der Waals surface area contributed by atoms with Crippen LogP contribution in [0, 0.1) is 6.92 Å². The number of phenols is 1. The highest BCUT2D eigenvalue weighted by Gasteiger charge is 2.32. The number of ether oxygens (including phenoxy) is 1. The molecule has 0 saturated heterocycles. The number of carboxylic acid groups (broad SMARTS) is 1. The Morgan fingerprint density at radius 2 is 2.22 bits per heavy atom. The molecule has 0 unspecified atom stereocenters. The fourth-order valence-electron chi connectivity index (χ4n) is 2.40. The molecule has 0 saturated carbocycles. The van der Waals surface area contributed by atoms with Crippen LogP contribution in [-0.4, -0.2) is 21.8 Å². The molecular formula is C14H18O4. The third-order valence-electron chi connectivity index (χ3n) is 3.48. The van der Waals surface area contributed by atoms with Crippen LogP contribution in [0.2, 0.25) is 0 Å². The summed E-state index contributed by atoms with van der Waals surface area (Å²) in [5.74, 6) is 0.254. The van der Waals surface area contributed by atoms with E-state index in [-0.39, 0.29) is 12.2 Å². The molecule has 1 aromatic carbocycles. The first kappa shape index (κ1) is 12.7. The molecule has 18 heavy (non-hydrogen) atoms. The lowest BCUT2D eigenvalue weighted by atomic mass is 9.88. The number of rotatable bonds is 3. The Morgan fingerprint density at radius 1 is 1.50 bits per heavy atom. The zero-order chi connectivity index (χ0) is 13.3. The minimum absolute atomic E-state index is 0.114. The largest absolute Gasteiger partial charge is 0.508 e. The van der Waals surface area contributed by atoms with Crippen molar-refractivity contribution in [3.05, 3.63) is 23.3 Å². The predicted octanol–water partition coefficient (Wildman–Crippen LogP) is 2.65. The number of aromatic hydroxyl groups is 1. The number of aryl methyl sites for hydroxylation is 2. The number of carboxylic acids is 1. The van der Waals surface area contributed by atoms with Gasteiger partial charge in [-0.3, -0.25) is 4.79 Å². The lowest BCUT2D eigenvalue weighted by molar-refractivity contribution is -0.138. The van der Waals surface area contributed by atoms with Gasteiger partial charge in [-0.2, -0.15) is 0 Å². The number of hydrogen-bond acceptors (Lipinski definition) is 3. The normalized spacial score (nSPS) is 22.1. The van der Waals surface area contributed by atoms with E-state index in [0.717, 1.165) is 29.7 Å². The monoisotopic (exact) mass is 250 g/mol. The van der Waals surface area contributed by atoms with Crippen molar-refractivity contribution >= 4 is 5.97 Å². The fraction of sp³-hybridized carbons (Fsp3) is 0.500. The molecule has 1 aliphatic heterocycles. The molecule has 1 atom stereocenters. The molecule has 2 rings (SSSR count). The van der Waals surface area contributed by atoms with Crippen molar-refractivity contribution in [3.8, 4) is 11.5 Å². The van der Waals surface area contributed by atoms with Gasteiger partial charge >= 0.3 is 5.97 Å². The van der Waals surface area contributed by atoms with Gasteiger partial charge in [0.15, 0.2) is 0 Å². The van der Waals surface area contributed by atoms with Crippen molar-refractivity contribution < 1.29 is 19.7 Å². The molecule has 0 aromatic heterocycles. The Hall–Kier alpha value is -1.71. The van der Waals surface area contributed by atoms with E-state index >= 15 is 0 Å². The number of hydrogen-bond donors (Lipinski definition) is 2. The van der Waals surface area contributed by atoms with Gasteiger partial charge < -0.3 is 14.9 Å². The fourth-order valence-corrected chi connectivity index (χ4v) is 2.40. The molecule has 1 aromatic rings. The van der Waals surface area contributed by atoms with Crippen LogP contribution in [0.5, 0.6) is 11.5 Å². The topological polar surface area (TPSA) is 66.8 Å². The van der Waals surface area contributed by atoms with Crippen molar-refractivity contribution in [1.82, 2.24) is 0 Å². The zero-order valence-corrected chi connectivity index (χ0v) is 10.7. The summed E-state index contributed by atoms with van der Waals surface area (Å²) in [4.78, 5) is 10.7. The average molecular weight is 250 g/mol. The summed E-state index contributed by atoms with van der Waals surface area (Å²) >= 11 is 0. The van der Waals surface area contributed by atoms with Crippen LogP contribution in [0.1, 0.15) is 37.3 Å². The molecule has 0 fully saturated rings. The third-order valence-corrected chi connectivity index (χ3v) is 3.48. The van der Waals surface area contributed by atoms with Crippen LogP contribution in [0.4, 0.5) is 0 Å². The highest BCUT2D eigenvalue weighted by Crippen LogP contribution is 2.39. The van der Waals surface area contributed by atoms with Crippen LogP contribution in [0.15, 0.2) is 12.1 Å². The smallest absolute Gasteiger partial charge is 0.303 e. The maximum Gasteiger partial charge on any atom is 0.303 e. The van der Waals surface area contributed by atoms with Gasteiger partial charge in [-0.1, -0.05) is 0 Å². The van der Waals surface area contributed by atoms with Gasteiger partial charge in [0, 0.05) is 6.42 Å². The Kier molecular flexibility index (Phi) is 3.20. The van der Waals surface area contributed by atoms with Crippen molar-refractivity contribution in [3.63, 3.8) is 0 Å². The number of carbonyl (C=O) groups is 1. The molecule has 0 amide bonds. The van der Waals surface area contributed by atoms with E-state index in [0.29, 0.717) is 6.42 Å². The van der Waals surface area contributed by atoms with E-state index in [2.05, 4.69) is 0 Å². The van der Waals surface area contributed by atoms with Crippen molar-refractivity contribution in [1.29, 1.82) is 0 Å². The highest BCUT2D eigenvalue weighted by molar-refractivity contribution is 5.66. The second-order valence-corrected chi connectivity index (χ2v) is 5.20. The Balaban J connectivity index is 2.21. The standard InChI is InChI=1S/C14H18O4/c1-9-7-11(15)8-10-3-5-14(2,18-13(9)10)6-4-12(16)17/h7-8,15H,3-6H2,1-2H3,(H,16,17)/t14-/m0/s1. The quantitative estimate of drug-likeness (QED) is 0.865. The summed E-state index contributed by atoms with van der Waals surface area (Å²) in [5, 5.41) is 18.3. The first-order chi connectivity index (χ1) is 8.39. The van der Waals surface area contributed by atoms with Gasteiger partial charge in [0.1, 0.15) is 17.1 Å². The first-order valence-corrected chi connectivity index (χ1v) is 6.13. The first-order valence-electron chi connectivity index (χ1n) is 6.13. The second-order valence-electron chi connectivity index (χ2n) is 5.20. The summed E-state index contributed by atoms with van der Waals surface area (Å²) < 4.78 is 5.98. The van der Waals surface area contributed by atoms with Crippen molar-refractivity contribution in [2.24, 2.45) is 0 Å². The Morgan fingerprint density at radius 3 is 2.89 bits per heavy atom. The maximum absolute atomic E-state index is 10.7. The summed E-state index contributed by atoms with van der Waals surface area (Å²) in [6, 6.07) is 3.39. The average Bonchev–Trinajstić information content (AvgIpc) is 2.28. The van der Waals surface area contributed by atoms with Crippen LogP contribution in [-0.2, 0) is 11.2 Å². The van der Waals surface area contributed by atoms with E-state index in [1.165, 1.54) is 0 Å². The SMILES string of the molecule is Cc1cc(O)cc2c1O[C@](C)(CCC(=O)O)CC2. The van der Waals surface area contributed by atoms with Gasteiger partial charge in [0.05, 0.1) is 0 Å². The molecule has 2 N–H and O–H groups in total. The van der Waals surface area contributed by atoms with Gasteiger partial charge in [0.2, 0.25) is 0 Å². The van der Waals surface area contributed by atoms with Gasteiger partial charge in [-0.25, -0.2) is 0 Å². The minimum atomic E-state index is -0.798. The van der Waals surface area contributed by atoms with Crippen LogP contribution < -0.4 is 4.74 Å². The summed E-state index contributed by atoms with van der Waals surface area (Å²) in [7, 11) is 0. The Bertz CT molecular complexity index is 481. The van der Waals surface area contributed by atoms with Crippen molar-refractivity contribution in [2.45, 2.75) is 45.1 Å². The van der Waals surface area contributed by atoms with E-state index in [1.807, 2.05) is 13.8 Å². The third kappa shape index (κ3) is 2.58. The zero-order valence-electron chi connectivity index (χ0n) is 10.7. The van der Waals surface area contributed by atoms with E-state index in [4.69, 9.17) is 9.84 Å². The predicted molar refractivity (Wildman–Crippen MR) is 67.1 cm³/mol. The molecule has 1 aliphatic rings. The Labute approximate surface area is 106 Å². The molecule has 0 spiro atoms. The lowest BCUT2D eigenvalue weighted by Crippen LogP contribution is -2.37. The summed E-state index contributed by atoms with van der Waals surface area (Å²) in [5.41, 5.74) is 1.47. The number of phenolic OH excluding ortho intramolecular Hbond substituents is 1. The van der Waals surface area contributed by atoms with E-state index in [9.17, 15) is 9.90 Å². The van der Waals surface area contributed by atoms with E-state index in [1.54, 1.807) is 12.1 Å². The van der Waals surface area contributed by atoms with Crippen LogP contribution in [0.3, 0.4) is 0 Å². The summed E-state index contributed by atoms with van der Waals surface area (Å²) in [6.45, 7) is 3.84. The molecule has 98 valence electrons. The van der Waals surface area contributed by atoms with Crippen LogP contribution in [0.25, 0.3) is 0 Å². The molecule has 4 heteroatoms. The molecule has 0 bridgehead atoms. The molecule has 1 heterocycles. The van der Waals surface area contributed by atoms with E-state index < -0.39 is 11.6 Å². The summed E-state index contributed by atoms with van der Waals surface area (Å²) in [6.07, 6.45) is 2.20. The minimum Gasteiger partial charge on any atom is -0.508 e. The van der Waals surface area contributed by atoms with Gasteiger partial charge in [-0.15, -0.1) is 0 Å². The lowest BCUT2D eigenvalue weighted by Gasteiger charge is -2.36. The van der Waals surface area contributed by atoms with Gasteiger partial charge in [0.25, 0.3) is 0 Å². The molecule has 0 aliphatic carbocycles. The number of benzene rings is 1. The number of aliphatic carboxylic acids is 1. The molecular weight excluding hydrogens is 232 g/mol. The maximum atomic E-state index is 10.7. The van der Waals surface area contributed by atoms with Gasteiger partial charge in [-0.05, 0) is 56.4 Å². The van der Waals surface area contributed by atoms with Crippen LogP contribution >= 0.6 is 0 Å². The molecule has 0 radical (unpaired) electrons. The number of fused-ring (bicyclic) bond motifs is 1.